The van der Waals surface area contributed by atoms with E-state index in [1.807, 2.05) is 0 Å². The Balaban J connectivity index is 1.76. The van der Waals surface area contributed by atoms with Crippen LogP contribution in [0.2, 0.25) is 0 Å². The van der Waals surface area contributed by atoms with Crippen molar-refractivity contribution < 1.29 is 14.7 Å². The standard InChI is InChI=1S/C14H18N2O3/c1-9(17)11-2-4-12(5-3-11)16-14(19)15-8-10-6-13(18)7-10/h2-5,10,13,18H,6-8H2,1H3,(H2,15,16,19). The Bertz CT molecular complexity index is 464. The van der Waals surface area contributed by atoms with Gasteiger partial charge >= 0.3 is 6.03 Å². The molecule has 1 aliphatic rings. The van der Waals surface area contributed by atoms with E-state index >= 15 is 0 Å². The van der Waals surface area contributed by atoms with Crippen LogP contribution in [0, 0.1) is 5.92 Å². The SMILES string of the molecule is CC(=O)c1ccc(NC(=O)NCC2CC(O)C2)cc1. The van der Waals surface area contributed by atoms with Crippen LogP contribution in [-0.4, -0.2) is 29.6 Å². The molecule has 0 radical (unpaired) electrons. The molecule has 0 heterocycles. The molecule has 5 heteroatoms. The number of Topliss-reactive ketones (excluding diaryl/α,β-unsaturated/α-hetero) is 1. The van der Waals surface area contributed by atoms with E-state index in [-0.39, 0.29) is 17.9 Å². The monoisotopic (exact) mass is 262 g/mol. The molecular weight excluding hydrogens is 244 g/mol. The molecule has 2 amide bonds. The van der Waals surface area contributed by atoms with Gasteiger partial charge in [0.05, 0.1) is 6.10 Å². The fourth-order valence-electron chi connectivity index (χ4n) is 2.07. The van der Waals surface area contributed by atoms with Crippen LogP contribution in [0.4, 0.5) is 10.5 Å². The van der Waals surface area contributed by atoms with Crippen molar-refractivity contribution in [2.75, 3.05) is 11.9 Å². The highest BCUT2D eigenvalue weighted by molar-refractivity contribution is 5.95. The number of ketones is 1. The molecule has 1 fully saturated rings. The maximum absolute atomic E-state index is 11.6. The third-order valence-corrected chi connectivity index (χ3v) is 3.31. The molecule has 0 aromatic heterocycles. The van der Waals surface area contributed by atoms with E-state index in [9.17, 15) is 9.59 Å². The summed E-state index contributed by atoms with van der Waals surface area (Å²) in [6, 6.07) is 6.49. The molecule has 0 spiro atoms. The fraction of sp³-hybridized carbons (Fsp3) is 0.429. The number of anilines is 1. The van der Waals surface area contributed by atoms with Gasteiger partial charge in [-0.2, -0.15) is 0 Å². The predicted molar refractivity (Wildman–Crippen MR) is 72.2 cm³/mol. The van der Waals surface area contributed by atoms with Gasteiger partial charge in [0.1, 0.15) is 0 Å². The third-order valence-electron chi connectivity index (χ3n) is 3.31. The lowest BCUT2D eigenvalue weighted by atomic mass is 9.82. The Morgan fingerprint density at radius 3 is 2.42 bits per heavy atom. The Morgan fingerprint density at radius 2 is 1.89 bits per heavy atom. The van der Waals surface area contributed by atoms with Crippen molar-refractivity contribution in [2.45, 2.75) is 25.9 Å². The van der Waals surface area contributed by atoms with Gasteiger partial charge in [0, 0.05) is 17.8 Å². The van der Waals surface area contributed by atoms with Crippen LogP contribution in [0.1, 0.15) is 30.1 Å². The number of carbonyl (C=O) groups excluding carboxylic acids is 2. The van der Waals surface area contributed by atoms with Gasteiger partial charge in [0.25, 0.3) is 0 Å². The number of nitrogens with one attached hydrogen (secondary N) is 2. The number of hydrogen-bond acceptors (Lipinski definition) is 3. The predicted octanol–water partition coefficient (Wildman–Crippen LogP) is 1.78. The maximum Gasteiger partial charge on any atom is 0.319 e. The van der Waals surface area contributed by atoms with E-state index in [2.05, 4.69) is 10.6 Å². The molecule has 2 rings (SSSR count). The minimum absolute atomic E-state index is 0.000423. The molecule has 0 atom stereocenters. The van der Waals surface area contributed by atoms with E-state index in [1.54, 1.807) is 24.3 Å². The highest BCUT2D eigenvalue weighted by atomic mass is 16.3. The van der Waals surface area contributed by atoms with Gasteiger partial charge in [-0.3, -0.25) is 4.79 Å². The van der Waals surface area contributed by atoms with Crippen molar-refractivity contribution >= 4 is 17.5 Å². The number of urea groups is 1. The largest absolute Gasteiger partial charge is 0.393 e. The van der Waals surface area contributed by atoms with Crippen LogP contribution < -0.4 is 10.6 Å². The molecule has 0 saturated heterocycles. The Morgan fingerprint density at radius 1 is 1.26 bits per heavy atom. The van der Waals surface area contributed by atoms with E-state index in [1.165, 1.54) is 6.92 Å². The summed E-state index contributed by atoms with van der Waals surface area (Å²) in [4.78, 5) is 22.7. The van der Waals surface area contributed by atoms with E-state index in [0.717, 1.165) is 12.8 Å². The number of carbonyl (C=O) groups is 2. The van der Waals surface area contributed by atoms with Crippen molar-refractivity contribution in [3.8, 4) is 0 Å². The number of hydrogen-bond donors (Lipinski definition) is 3. The smallest absolute Gasteiger partial charge is 0.319 e. The molecule has 1 aromatic carbocycles. The van der Waals surface area contributed by atoms with Crippen molar-refractivity contribution in [1.82, 2.24) is 5.32 Å². The first-order valence-corrected chi connectivity index (χ1v) is 6.38. The molecule has 0 aliphatic heterocycles. The van der Waals surface area contributed by atoms with Crippen LogP contribution in [0.15, 0.2) is 24.3 Å². The Kier molecular flexibility index (Phi) is 4.16. The van der Waals surface area contributed by atoms with E-state index in [0.29, 0.717) is 23.7 Å². The summed E-state index contributed by atoms with van der Waals surface area (Å²) in [5, 5.41) is 14.6. The first-order chi connectivity index (χ1) is 9.04. The minimum Gasteiger partial charge on any atom is -0.393 e. The van der Waals surface area contributed by atoms with Gasteiger partial charge in [0.2, 0.25) is 0 Å². The average Bonchev–Trinajstić information content (AvgIpc) is 2.34. The van der Waals surface area contributed by atoms with Crippen LogP contribution in [0.25, 0.3) is 0 Å². The van der Waals surface area contributed by atoms with E-state index in [4.69, 9.17) is 5.11 Å². The second-order valence-electron chi connectivity index (χ2n) is 4.96. The van der Waals surface area contributed by atoms with Gasteiger partial charge in [-0.15, -0.1) is 0 Å². The second-order valence-corrected chi connectivity index (χ2v) is 4.96. The molecule has 0 bridgehead atoms. The minimum atomic E-state index is -0.267. The highest BCUT2D eigenvalue weighted by Gasteiger charge is 2.27. The van der Waals surface area contributed by atoms with Gasteiger partial charge < -0.3 is 15.7 Å². The zero-order valence-corrected chi connectivity index (χ0v) is 10.8. The van der Waals surface area contributed by atoms with Gasteiger partial charge in [-0.25, -0.2) is 4.79 Å². The molecular formula is C14H18N2O3. The molecule has 0 unspecified atom stereocenters. The quantitative estimate of drug-likeness (QED) is 0.724. The van der Waals surface area contributed by atoms with Crippen LogP contribution >= 0.6 is 0 Å². The lowest BCUT2D eigenvalue weighted by Gasteiger charge is -2.31. The Labute approximate surface area is 112 Å². The first-order valence-electron chi connectivity index (χ1n) is 6.38. The molecule has 19 heavy (non-hydrogen) atoms. The lowest BCUT2D eigenvalue weighted by Crippen LogP contribution is -2.39. The molecule has 1 aromatic rings. The normalized spacial score (nSPS) is 21.4. The van der Waals surface area contributed by atoms with Crippen LogP contribution in [0.3, 0.4) is 0 Å². The average molecular weight is 262 g/mol. The Hall–Kier alpha value is -1.88. The maximum atomic E-state index is 11.6. The lowest BCUT2D eigenvalue weighted by molar-refractivity contribution is 0.0443. The van der Waals surface area contributed by atoms with E-state index < -0.39 is 0 Å². The first kappa shape index (κ1) is 13.5. The zero-order chi connectivity index (χ0) is 13.8. The van der Waals surface area contributed by atoms with Gasteiger partial charge in [-0.05, 0) is 49.9 Å². The summed E-state index contributed by atoms with van der Waals surface area (Å²) in [6.45, 7) is 2.08. The summed E-state index contributed by atoms with van der Waals surface area (Å²) >= 11 is 0. The number of amides is 2. The van der Waals surface area contributed by atoms with Crippen molar-refractivity contribution in [1.29, 1.82) is 0 Å². The number of aliphatic hydroxyl groups is 1. The van der Waals surface area contributed by atoms with Crippen molar-refractivity contribution in [3.63, 3.8) is 0 Å². The molecule has 1 aliphatic carbocycles. The molecule has 5 nitrogen and oxygen atoms in total. The summed E-state index contributed by atoms with van der Waals surface area (Å²) in [6.07, 6.45) is 1.32. The molecule has 102 valence electrons. The number of rotatable bonds is 4. The second kappa shape index (κ2) is 5.84. The van der Waals surface area contributed by atoms with Gasteiger partial charge in [-0.1, -0.05) is 0 Å². The van der Waals surface area contributed by atoms with Gasteiger partial charge in [0.15, 0.2) is 5.78 Å². The van der Waals surface area contributed by atoms with Crippen molar-refractivity contribution in [3.05, 3.63) is 29.8 Å². The summed E-state index contributed by atoms with van der Waals surface area (Å²) in [7, 11) is 0. The molecule has 3 N–H and O–H groups in total. The third kappa shape index (κ3) is 3.79. The number of benzene rings is 1. The molecule has 1 saturated carbocycles. The zero-order valence-electron chi connectivity index (χ0n) is 10.8. The summed E-state index contributed by atoms with van der Waals surface area (Å²) < 4.78 is 0. The number of aliphatic hydroxyl groups excluding tert-OH is 1. The van der Waals surface area contributed by atoms with Crippen molar-refractivity contribution in [2.24, 2.45) is 5.92 Å². The van der Waals surface area contributed by atoms with Crippen LogP contribution in [-0.2, 0) is 0 Å². The summed E-state index contributed by atoms with van der Waals surface area (Å²) in [5.41, 5.74) is 1.27. The van der Waals surface area contributed by atoms with Crippen LogP contribution in [0.5, 0.6) is 0 Å². The topological polar surface area (TPSA) is 78.4 Å². The summed E-state index contributed by atoms with van der Waals surface area (Å²) in [5.74, 6) is 0.375. The highest BCUT2D eigenvalue weighted by Crippen LogP contribution is 2.26. The fourth-order valence-corrected chi connectivity index (χ4v) is 2.07.